The van der Waals surface area contributed by atoms with Gasteiger partial charge in [0.2, 0.25) is 0 Å². The molecule has 0 aromatic heterocycles. The summed E-state index contributed by atoms with van der Waals surface area (Å²) in [4.78, 5) is 0. The molecule has 1 radical (unpaired) electrons. The first-order valence-electron chi connectivity index (χ1n) is 7.91. The van der Waals surface area contributed by atoms with Gasteiger partial charge in [-0.15, -0.1) is 0 Å². The van der Waals surface area contributed by atoms with Crippen molar-refractivity contribution in [2.24, 2.45) is 0 Å². The Morgan fingerprint density at radius 1 is 0.842 bits per heavy atom. The van der Waals surface area contributed by atoms with Crippen molar-refractivity contribution >= 4 is 19.7 Å². The molecule has 19 heavy (non-hydrogen) atoms. The van der Waals surface area contributed by atoms with E-state index in [1.165, 1.54) is 76.8 Å². The number of fused-ring (bicyclic) bond motifs is 1. The number of unbranched alkanes of at least 4 members (excludes halogenated alkanes) is 7. The van der Waals surface area contributed by atoms with Crippen LogP contribution in [0.1, 0.15) is 64.7 Å². The third-order valence-electron chi connectivity index (χ3n) is 3.90. The fourth-order valence-electron chi connectivity index (χ4n) is 2.71. The molecule has 2 rings (SSSR count). The normalized spacial score (nSPS) is 14.7. The van der Waals surface area contributed by atoms with Crippen LogP contribution in [-0.4, -0.2) is 0 Å². The molecule has 1 aromatic carbocycles. The van der Waals surface area contributed by atoms with Gasteiger partial charge in [-0.2, -0.15) is 0 Å². The molecule has 0 saturated heterocycles. The van der Waals surface area contributed by atoms with Crippen LogP contribution >= 0.6 is 8.58 Å². The second-order valence-electron chi connectivity index (χ2n) is 5.52. The average Bonchev–Trinajstić information content (AvgIpc) is 2.85. The molecule has 1 aromatic rings. The van der Waals surface area contributed by atoms with Crippen molar-refractivity contribution in [3.63, 3.8) is 0 Å². The van der Waals surface area contributed by atoms with Crippen molar-refractivity contribution in [1.29, 1.82) is 0 Å². The molecule has 1 aliphatic heterocycles. The maximum atomic E-state index is 2.36. The Balaban J connectivity index is 1.64. The van der Waals surface area contributed by atoms with Crippen molar-refractivity contribution in [1.82, 2.24) is 0 Å². The van der Waals surface area contributed by atoms with E-state index in [1.54, 1.807) is 5.31 Å². The largest absolute Gasteiger partial charge is 0.0654 e. The van der Waals surface area contributed by atoms with E-state index >= 15 is 0 Å². The Morgan fingerprint density at radius 3 is 2.32 bits per heavy atom. The molecular weight excluding hydrogens is 247 g/mol. The van der Waals surface area contributed by atoms with Crippen molar-refractivity contribution in [3.05, 3.63) is 34.7 Å². The standard InChI is InChI=1S/C18H26P/c1-2-3-4-5-6-7-8-9-14-18-17-13-11-10-12-16(17)15-19-18/h10-13,15H,2-9,14H2,1H3. The summed E-state index contributed by atoms with van der Waals surface area (Å²) in [6.45, 7) is 2.28. The first-order chi connectivity index (χ1) is 9.42. The minimum Gasteiger partial charge on any atom is -0.0654 e. The lowest BCUT2D eigenvalue weighted by Crippen LogP contribution is -2.21. The van der Waals surface area contributed by atoms with E-state index < -0.39 is 0 Å². The minimum atomic E-state index is 1.30. The van der Waals surface area contributed by atoms with Gasteiger partial charge in [-0.05, 0) is 43.0 Å². The van der Waals surface area contributed by atoms with Gasteiger partial charge in [0.15, 0.2) is 0 Å². The van der Waals surface area contributed by atoms with Gasteiger partial charge in [0.25, 0.3) is 0 Å². The van der Waals surface area contributed by atoms with E-state index in [2.05, 4.69) is 37.0 Å². The number of hydrogen-bond donors (Lipinski definition) is 0. The third-order valence-corrected chi connectivity index (χ3v) is 5.08. The second kappa shape index (κ2) is 8.54. The summed E-state index contributed by atoms with van der Waals surface area (Å²) in [5, 5.41) is 4.59. The van der Waals surface area contributed by atoms with Crippen LogP contribution in [0.2, 0.25) is 0 Å². The zero-order chi connectivity index (χ0) is 13.3. The molecule has 0 aliphatic carbocycles. The molecule has 0 unspecified atom stereocenters. The molecule has 0 amide bonds. The topological polar surface area (TPSA) is 0 Å². The maximum Gasteiger partial charge on any atom is -0.0140 e. The highest BCUT2D eigenvalue weighted by Crippen LogP contribution is 2.32. The zero-order valence-electron chi connectivity index (χ0n) is 12.2. The van der Waals surface area contributed by atoms with Crippen molar-refractivity contribution in [2.45, 2.75) is 64.7 Å². The van der Waals surface area contributed by atoms with Crippen LogP contribution in [0.15, 0.2) is 24.3 Å². The van der Waals surface area contributed by atoms with E-state index in [-0.39, 0.29) is 0 Å². The molecule has 0 spiro atoms. The Hall–Kier alpha value is -0.610. The van der Waals surface area contributed by atoms with Crippen molar-refractivity contribution in [2.75, 3.05) is 0 Å². The lowest BCUT2D eigenvalue weighted by molar-refractivity contribution is 0.579. The highest BCUT2D eigenvalue weighted by Gasteiger charge is 2.04. The van der Waals surface area contributed by atoms with Crippen LogP contribution in [0.25, 0.3) is 11.1 Å². The Kier molecular flexibility index (Phi) is 6.65. The summed E-state index contributed by atoms with van der Waals surface area (Å²) >= 11 is 0. The van der Waals surface area contributed by atoms with Gasteiger partial charge in [0, 0.05) is 0 Å². The van der Waals surface area contributed by atoms with Gasteiger partial charge >= 0.3 is 0 Å². The smallest absolute Gasteiger partial charge is 0.0140 e. The number of hydrogen-bond acceptors (Lipinski definition) is 0. The van der Waals surface area contributed by atoms with Gasteiger partial charge in [0.05, 0.1) is 0 Å². The molecule has 1 heterocycles. The van der Waals surface area contributed by atoms with Gasteiger partial charge in [-0.25, -0.2) is 0 Å². The van der Waals surface area contributed by atoms with E-state index in [9.17, 15) is 0 Å². The van der Waals surface area contributed by atoms with E-state index in [0.717, 1.165) is 0 Å². The van der Waals surface area contributed by atoms with E-state index in [0.29, 0.717) is 0 Å². The second-order valence-corrected chi connectivity index (χ2v) is 6.57. The summed E-state index contributed by atoms with van der Waals surface area (Å²) in [5.74, 6) is 2.36. The molecular formula is C18H26P. The van der Waals surface area contributed by atoms with Crippen LogP contribution in [0, 0.1) is 0 Å². The quantitative estimate of drug-likeness (QED) is 0.437. The summed E-state index contributed by atoms with van der Waals surface area (Å²) < 4.78 is 0. The number of rotatable bonds is 9. The monoisotopic (exact) mass is 273 g/mol. The van der Waals surface area contributed by atoms with E-state index in [1.807, 2.05) is 0 Å². The molecule has 0 N–H and O–H groups in total. The average molecular weight is 273 g/mol. The highest BCUT2D eigenvalue weighted by atomic mass is 31.1. The Bertz CT molecular complexity index is 487. The van der Waals surface area contributed by atoms with Crippen LogP contribution in [0.3, 0.4) is 0 Å². The summed E-state index contributed by atoms with van der Waals surface area (Å²) in [5.41, 5.74) is 0. The minimum absolute atomic E-state index is 1.30. The van der Waals surface area contributed by atoms with Gasteiger partial charge in [-0.3, -0.25) is 0 Å². The highest BCUT2D eigenvalue weighted by molar-refractivity contribution is 7.58. The fourth-order valence-corrected chi connectivity index (χ4v) is 3.86. The molecule has 0 bridgehead atoms. The van der Waals surface area contributed by atoms with Crippen LogP contribution in [-0.2, 0) is 0 Å². The van der Waals surface area contributed by atoms with Crippen molar-refractivity contribution < 1.29 is 0 Å². The fraction of sp³-hybridized carbons (Fsp3) is 0.556. The predicted octanol–water partition coefficient (Wildman–Crippen LogP) is 5.02. The first kappa shape index (κ1) is 14.8. The van der Waals surface area contributed by atoms with Gasteiger partial charge in [-0.1, -0.05) is 76.1 Å². The van der Waals surface area contributed by atoms with Crippen LogP contribution in [0.5, 0.6) is 0 Å². The van der Waals surface area contributed by atoms with Gasteiger partial charge < -0.3 is 0 Å². The lowest BCUT2D eigenvalue weighted by atomic mass is 10.1. The summed E-state index contributed by atoms with van der Waals surface area (Å²) in [7, 11) is 1.44. The summed E-state index contributed by atoms with van der Waals surface area (Å²) in [6, 6.07) is 8.83. The van der Waals surface area contributed by atoms with E-state index in [4.69, 9.17) is 0 Å². The molecule has 0 saturated carbocycles. The zero-order valence-corrected chi connectivity index (χ0v) is 13.1. The molecule has 0 atom stereocenters. The molecule has 1 aliphatic rings. The van der Waals surface area contributed by atoms with Crippen LogP contribution in [0.4, 0.5) is 0 Å². The SMILES string of the molecule is CCCCCCCCCCC1=c2ccccc2=C[P]1. The predicted molar refractivity (Wildman–Crippen MR) is 87.7 cm³/mol. The van der Waals surface area contributed by atoms with Gasteiger partial charge in [0.1, 0.15) is 0 Å². The molecule has 0 fully saturated rings. The lowest BCUT2D eigenvalue weighted by Gasteiger charge is -2.03. The summed E-state index contributed by atoms with van der Waals surface area (Å²) in [6.07, 6.45) is 12.6. The first-order valence-corrected chi connectivity index (χ1v) is 8.87. The Labute approximate surface area is 119 Å². The third kappa shape index (κ3) is 4.77. The molecule has 103 valence electrons. The number of benzene rings is 1. The van der Waals surface area contributed by atoms with Crippen molar-refractivity contribution in [3.8, 4) is 0 Å². The Morgan fingerprint density at radius 2 is 1.53 bits per heavy atom. The molecule has 1 heteroatoms. The molecule has 0 nitrogen and oxygen atoms in total. The maximum absolute atomic E-state index is 2.36. The van der Waals surface area contributed by atoms with Crippen LogP contribution < -0.4 is 10.4 Å².